The number of carbonyl (C=O) groups excluding carboxylic acids is 1. The Labute approximate surface area is 139 Å². The lowest BCUT2D eigenvalue weighted by Crippen LogP contribution is -2.38. The summed E-state index contributed by atoms with van der Waals surface area (Å²) in [5.41, 5.74) is 0.585. The van der Waals surface area contributed by atoms with Gasteiger partial charge in [0.1, 0.15) is 5.69 Å². The van der Waals surface area contributed by atoms with E-state index in [1.165, 1.54) is 18.8 Å². The first kappa shape index (κ1) is 16.2. The highest BCUT2D eigenvalue weighted by atomic mass is 16.6. The molecular weight excluding hydrogens is 308 g/mol. The molecule has 126 valence electrons. The van der Waals surface area contributed by atoms with Gasteiger partial charge in [-0.3, -0.25) is 14.9 Å². The maximum absolute atomic E-state index is 12.4. The average Bonchev–Trinajstić information content (AvgIpc) is 3.08. The summed E-state index contributed by atoms with van der Waals surface area (Å²) in [4.78, 5) is 27.2. The maximum atomic E-state index is 12.4. The van der Waals surface area contributed by atoms with Crippen LogP contribution < -0.4 is 5.32 Å². The lowest BCUT2D eigenvalue weighted by molar-refractivity contribution is -0.384. The molecule has 0 bridgehead atoms. The lowest BCUT2D eigenvalue weighted by Gasteiger charge is -2.27. The number of rotatable bonds is 4. The third-order valence-electron chi connectivity index (χ3n) is 4.49. The number of carbonyl (C=O) groups is 1. The van der Waals surface area contributed by atoms with E-state index in [9.17, 15) is 14.9 Å². The molecule has 1 amide bonds. The molecule has 1 aromatic carbocycles. The van der Waals surface area contributed by atoms with Gasteiger partial charge in [-0.1, -0.05) is 19.8 Å². The van der Waals surface area contributed by atoms with Crippen LogP contribution in [0.2, 0.25) is 0 Å². The summed E-state index contributed by atoms with van der Waals surface area (Å²) in [6, 6.07) is 4.67. The third-order valence-corrected chi connectivity index (χ3v) is 4.49. The fraction of sp³-hybridized carbons (Fsp3) is 0.412. The number of nitrogens with one attached hydrogen (secondary N) is 1. The van der Waals surface area contributed by atoms with Crippen LogP contribution in [0.25, 0.3) is 5.69 Å². The minimum Gasteiger partial charge on any atom is -0.349 e. The van der Waals surface area contributed by atoms with E-state index < -0.39 is 4.92 Å². The van der Waals surface area contributed by atoms with E-state index in [0.717, 1.165) is 19.3 Å². The van der Waals surface area contributed by atoms with E-state index in [1.54, 1.807) is 29.1 Å². The van der Waals surface area contributed by atoms with Crippen molar-refractivity contribution in [2.24, 2.45) is 5.92 Å². The van der Waals surface area contributed by atoms with Crippen molar-refractivity contribution in [1.82, 2.24) is 14.9 Å². The summed E-state index contributed by atoms with van der Waals surface area (Å²) in [5, 5.41) is 14.4. The molecule has 2 aromatic rings. The van der Waals surface area contributed by atoms with Gasteiger partial charge in [0.05, 0.1) is 11.3 Å². The van der Waals surface area contributed by atoms with Gasteiger partial charge in [-0.15, -0.1) is 0 Å². The van der Waals surface area contributed by atoms with Crippen LogP contribution in [0.1, 0.15) is 43.0 Å². The molecule has 2 atom stereocenters. The Kier molecular flexibility index (Phi) is 4.59. The van der Waals surface area contributed by atoms with Crippen molar-refractivity contribution < 1.29 is 9.72 Å². The van der Waals surface area contributed by atoms with E-state index >= 15 is 0 Å². The predicted molar refractivity (Wildman–Crippen MR) is 89.1 cm³/mol. The van der Waals surface area contributed by atoms with Gasteiger partial charge < -0.3 is 9.88 Å². The van der Waals surface area contributed by atoms with Crippen LogP contribution in [0.15, 0.2) is 36.9 Å². The Morgan fingerprint density at radius 3 is 2.92 bits per heavy atom. The summed E-state index contributed by atoms with van der Waals surface area (Å²) < 4.78 is 1.56. The zero-order valence-corrected chi connectivity index (χ0v) is 13.5. The normalized spacial score (nSPS) is 20.5. The van der Waals surface area contributed by atoms with Gasteiger partial charge in [0, 0.05) is 30.1 Å². The Morgan fingerprint density at radius 2 is 2.25 bits per heavy atom. The standard InChI is InChI=1S/C17H20N4O3/c1-12-3-2-4-14(9-12)19-17(22)13-5-6-15(16(10-13)21(23)24)20-8-7-18-11-20/h5-8,10-12,14H,2-4,9H2,1H3,(H,19,22). The fourth-order valence-electron chi connectivity index (χ4n) is 3.26. The second-order valence-electron chi connectivity index (χ2n) is 6.37. The van der Waals surface area contributed by atoms with E-state index in [0.29, 0.717) is 17.2 Å². The summed E-state index contributed by atoms with van der Waals surface area (Å²) in [6.07, 6.45) is 8.89. The number of nitrogens with zero attached hydrogens (tertiary/aromatic N) is 3. The van der Waals surface area contributed by atoms with Crippen molar-refractivity contribution in [1.29, 1.82) is 0 Å². The molecule has 1 heterocycles. The van der Waals surface area contributed by atoms with Crippen LogP contribution in [0.4, 0.5) is 5.69 Å². The van der Waals surface area contributed by atoms with Crippen molar-refractivity contribution in [3.8, 4) is 5.69 Å². The Morgan fingerprint density at radius 1 is 1.42 bits per heavy atom. The van der Waals surface area contributed by atoms with Gasteiger partial charge in [-0.05, 0) is 30.9 Å². The molecule has 7 nitrogen and oxygen atoms in total. The molecule has 1 aromatic heterocycles. The topological polar surface area (TPSA) is 90.1 Å². The summed E-state index contributed by atoms with van der Waals surface area (Å²) in [7, 11) is 0. The molecule has 7 heteroatoms. The van der Waals surface area contributed by atoms with Gasteiger partial charge in [0.25, 0.3) is 11.6 Å². The lowest BCUT2D eigenvalue weighted by atomic mass is 9.87. The highest BCUT2D eigenvalue weighted by Crippen LogP contribution is 2.26. The predicted octanol–water partition coefficient (Wildman–Crippen LogP) is 3.09. The minimum atomic E-state index is -0.477. The van der Waals surface area contributed by atoms with Gasteiger partial charge >= 0.3 is 0 Å². The van der Waals surface area contributed by atoms with Gasteiger partial charge in [0.2, 0.25) is 0 Å². The number of amides is 1. The molecule has 1 fully saturated rings. The third kappa shape index (κ3) is 3.45. The molecule has 1 N–H and O–H groups in total. The fourth-order valence-corrected chi connectivity index (χ4v) is 3.26. The number of hydrogen-bond acceptors (Lipinski definition) is 4. The molecule has 1 saturated carbocycles. The van der Waals surface area contributed by atoms with Crippen molar-refractivity contribution in [3.63, 3.8) is 0 Å². The molecule has 0 saturated heterocycles. The number of nitro groups is 1. The maximum Gasteiger partial charge on any atom is 0.294 e. The highest BCUT2D eigenvalue weighted by Gasteiger charge is 2.23. The number of nitro benzene ring substituents is 1. The van der Waals surface area contributed by atoms with E-state index in [2.05, 4.69) is 17.2 Å². The van der Waals surface area contributed by atoms with E-state index in [1.807, 2.05) is 0 Å². The number of aromatic nitrogens is 2. The molecule has 0 radical (unpaired) electrons. The molecule has 24 heavy (non-hydrogen) atoms. The molecular formula is C17H20N4O3. The Hall–Kier alpha value is -2.70. The quantitative estimate of drug-likeness (QED) is 0.690. The average molecular weight is 328 g/mol. The molecule has 0 aliphatic heterocycles. The molecule has 1 aliphatic carbocycles. The van der Waals surface area contributed by atoms with Crippen LogP contribution >= 0.6 is 0 Å². The number of hydrogen-bond donors (Lipinski definition) is 1. The minimum absolute atomic E-state index is 0.113. The van der Waals surface area contributed by atoms with Crippen molar-refractivity contribution in [2.75, 3.05) is 0 Å². The van der Waals surface area contributed by atoms with Crippen LogP contribution in [0.3, 0.4) is 0 Å². The first-order valence-corrected chi connectivity index (χ1v) is 8.12. The van der Waals surface area contributed by atoms with Crippen LogP contribution in [-0.2, 0) is 0 Å². The van der Waals surface area contributed by atoms with E-state index in [-0.39, 0.29) is 17.6 Å². The summed E-state index contributed by atoms with van der Waals surface area (Å²) in [5.74, 6) is 0.344. The summed E-state index contributed by atoms with van der Waals surface area (Å²) in [6.45, 7) is 2.18. The summed E-state index contributed by atoms with van der Waals surface area (Å²) >= 11 is 0. The first-order chi connectivity index (χ1) is 11.5. The van der Waals surface area contributed by atoms with Crippen molar-refractivity contribution in [2.45, 2.75) is 38.6 Å². The van der Waals surface area contributed by atoms with Crippen LogP contribution in [0.5, 0.6) is 0 Å². The largest absolute Gasteiger partial charge is 0.349 e. The second kappa shape index (κ2) is 6.82. The highest BCUT2D eigenvalue weighted by molar-refractivity contribution is 5.95. The zero-order valence-electron chi connectivity index (χ0n) is 13.5. The van der Waals surface area contributed by atoms with Crippen LogP contribution in [-0.4, -0.2) is 26.4 Å². The first-order valence-electron chi connectivity index (χ1n) is 8.12. The molecule has 2 unspecified atom stereocenters. The number of benzene rings is 1. The zero-order chi connectivity index (χ0) is 17.1. The Balaban J connectivity index is 1.82. The molecule has 0 spiro atoms. The Bertz CT molecular complexity index is 742. The van der Waals surface area contributed by atoms with E-state index in [4.69, 9.17) is 0 Å². The number of imidazole rings is 1. The SMILES string of the molecule is CC1CCCC(NC(=O)c2ccc(-n3ccnc3)c([N+](=O)[O-])c2)C1. The van der Waals surface area contributed by atoms with Crippen molar-refractivity contribution in [3.05, 3.63) is 52.6 Å². The van der Waals surface area contributed by atoms with Crippen molar-refractivity contribution >= 4 is 11.6 Å². The molecule has 3 rings (SSSR count). The van der Waals surface area contributed by atoms with Gasteiger partial charge in [-0.2, -0.15) is 0 Å². The van der Waals surface area contributed by atoms with Gasteiger partial charge in [0.15, 0.2) is 0 Å². The smallest absolute Gasteiger partial charge is 0.294 e. The second-order valence-corrected chi connectivity index (χ2v) is 6.37. The van der Waals surface area contributed by atoms with Crippen LogP contribution in [0, 0.1) is 16.0 Å². The van der Waals surface area contributed by atoms with Gasteiger partial charge in [-0.25, -0.2) is 4.98 Å². The molecule has 1 aliphatic rings. The monoisotopic (exact) mass is 328 g/mol.